The molecule has 0 spiro atoms. The zero-order valence-electron chi connectivity index (χ0n) is 18.3. The van der Waals surface area contributed by atoms with Crippen molar-refractivity contribution in [3.63, 3.8) is 0 Å². The molecule has 1 heterocycles. The molecule has 1 unspecified atom stereocenters. The zero-order valence-corrected chi connectivity index (χ0v) is 18.3. The Kier molecular flexibility index (Phi) is 9.11. The minimum atomic E-state index is -0.833. The van der Waals surface area contributed by atoms with Crippen molar-refractivity contribution >= 4 is 17.8 Å². The van der Waals surface area contributed by atoms with Crippen molar-refractivity contribution in [3.05, 3.63) is 29.8 Å². The molecular weight excluding hydrogens is 386 g/mol. The number of hydrogen-bond acceptors (Lipinski definition) is 6. The van der Waals surface area contributed by atoms with E-state index in [4.69, 9.17) is 9.47 Å². The van der Waals surface area contributed by atoms with Crippen LogP contribution in [-0.2, 0) is 25.7 Å². The van der Waals surface area contributed by atoms with E-state index in [-0.39, 0.29) is 36.8 Å². The zero-order chi connectivity index (χ0) is 22.1. The van der Waals surface area contributed by atoms with Crippen LogP contribution >= 0.6 is 0 Å². The molecule has 1 saturated heterocycles. The van der Waals surface area contributed by atoms with Crippen LogP contribution < -0.4 is 15.4 Å². The SMILES string of the molecule is CC(C)COC(=O)CC1C(=O)NCCN1C(=O)CNCc1ccc(OC(C)C)cc1. The number of nitrogens with zero attached hydrogens (tertiary/aromatic N) is 1. The average Bonchev–Trinajstić information content (AvgIpc) is 2.68. The first-order valence-electron chi connectivity index (χ1n) is 10.5. The predicted molar refractivity (Wildman–Crippen MR) is 113 cm³/mol. The van der Waals surface area contributed by atoms with E-state index in [2.05, 4.69) is 10.6 Å². The van der Waals surface area contributed by atoms with Crippen molar-refractivity contribution in [1.82, 2.24) is 15.5 Å². The van der Waals surface area contributed by atoms with Gasteiger partial charge in [0.2, 0.25) is 11.8 Å². The third-order valence-corrected chi connectivity index (χ3v) is 4.49. The number of ether oxygens (including phenoxy) is 2. The van der Waals surface area contributed by atoms with E-state index in [1.165, 1.54) is 4.90 Å². The van der Waals surface area contributed by atoms with Gasteiger partial charge in [0.05, 0.1) is 25.7 Å². The quantitative estimate of drug-likeness (QED) is 0.558. The third-order valence-electron chi connectivity index (χ3n) is 4.49. The molecule has 1 aliphatic rings. The van der Waals surface area contributed by atoms with Crippen molar-refractivity contribution in [2.45, 2.75) is 52.8 Å². The number of esters is 1. The maximum atomic E-state index is 12.7. The Bertz CT molecular complexity index is 718. The number of amides is 2. The third kappa shape index (κ3) is 7.67. The van der Waals surface area contributed by atoms with Crippen molar-refractivity contribution in [2.75, 3.05) is 26.2 Å². The lowest BCUT2D eigenvalue weighted by atomic mass is 10.1. The van der Waals surface area contributed by atoms with Gasteiger partial charge in [0.25, 0.3) is 0 Å². The monoisotopic (exact) mass is 419 g/mol. The summed E-state index contributed by atoms with van der Waals surface area (Å²) in [5.74, 6) is 0.00161. The van der Waals surface area contributed by atoms with Crippen LogP contribution in [0.4, 0.5) is 0 Å². The van der Waals surface area contributed by atoms with Gasteiger partial charge in [-0.15, -0.1) is 0 Å². The van der Waals surface area contributed by atoms with Crippen molar-refractivity contribution in [1.29, 1.82) is 0 Å². The van der Waals surface area contributed by atoms with Gasteiger partial charge in [0.15, 0.2) is 0 Å². The fourth-order valence-electron chi connectivity index (χ4n) is 3.07. The van der Waals surface area contributed by atoms with E-state index in [9.17, 15) is 14.4 Å². The highest BCUT2D eigenvalue weighted by atomic mass is 16.5. The fraction of sp³-hybridized carbons (Fsp3) is 0.591. The second kappa shape index (κ2) is 11.5. The van der Waals surface area contributed by atoms with Gasteiger partial charge in [-0.2, -0.15) is 0 Å². The van der Waals surface area contributed by atoms with Gasteiger partial charge in [-0.1, -0.05) is 26.0 Å². The van der Waals surface area contributed by atoms with Crippen LogP contribution in [0.3, 0.4) is 0 Å². The van der Waals surface area contributed by atoms with E-state index >= 15 is 0 Å². The van der Waals surface area contributed by atoms with Crippen LogP contribution in [0.2, 0.25) is 0 Å². The summed E-state index contributed by atoms with van der Waals surface area (Å²) >= 11 is 0. The standard InChI is InChI=1S/C22H33N3O5/c1-15(2)14-29-21(27)11-19-22(28)24-9-10-25(19)20(26)13-23-12-17-5-7-18(8-6-17)30-16(3)4/h5-8,15-16,19,23H,9-14H2,1-4H3,(H,24,28). The van der Waals surface area contributed by atoms with E-state index in [1.54, 1.807) is 0 Å². The van der Waals surface area contributed by atoms with Crippen LogP contribution in [0.25, 0.3) is 0 Å². The highest BCUT2D eigenvalue weighted by molar-refractivity contribution is 5.92. The van der Waals surface area contributed by atoms with Crippen LogP contribution in [0.5, 0.6) is 5.75 Å². The lowest BCUT2D eigenvalue weighted by Crippen LogP contribution is -2.59. The molecule has 8 heteroatoms. The summed E-state index contributed by atoms with van der Waals surface area (Å²) in [5, 5.41) is 5.82. The number of nitrogens with one attached hydrogen (secondary N) is 2. The second-order valence-corrected chi connectivity index (χ2v) is 8.09. The van der Waals surface area contributed by atoms with E-state index in [0.717, 1.165) is 11.3 Å². The summed E-state index contributed by atoms with van der Waals surface area (Å²) in [6, 6.07) is 6.84. The molecule has 0 bridgehead atoms. The minimum Gasteiger partial charge on any atom is -0.491 e. The van der Waals surface area contributed by atoms with Crippen LogP contribution in [-0.4, -0.2) is 61.1 Å². The molecule has 2 N–H and O–H groups in total. The normalized spacial score (nSPS) is 16.5. The summed E-state index contributed by atoms with van der Waals surface area (Å²) < 4.78 is 10.8. The molecule has 1 aromatic carbocycles. The molecule has 2 rings (SSSR count). The molecule has 0 aromatic heterocycles. The first kappa shape index (κ1) is 23.7. The Morgan fingerprint density at radius 1 is 1.20 bits per heavy atom. The van der Waals surface area contributed by atoms with E-state index < -0.39 is 12.0 Å². The first-order chi connectivity index (χ1) is 14.3. The Morgan fingerprint density at radius 2 is 1.90 bits per heavy atom. The molecule has 30 heavy (non-hydrogen) atoms. The number of carbonyl (C=O) groups excluding carboxylic acids is 3. The molecule has 1 aliphatic heterocycles. The summed E-state index contributed by atoms with van der Waals surface area (Å²) in [5.41, 5.74) is 1.02. The van der Waals surface area contributed by atoms with Gasteiger partial charge in [-0.25, -0.2) is 0 Å². The van der Waals surface area contributed by atoms with E-state index in [1.807, 2.05) is 52.0 Å². The van der Waals surface area contributed by atoms with Gasteiger partial charge >= 0.3 is 5.97 Å². The number of carbonyl (C=O) groups is 3. The summed E-state index contributed by atoms with van der Waals surface area (Å²) in [7, 11) is 0. The predicted octanol–water partition coefficient (Wildman–Crippen LogP) is 1.48. The molecule has 1 fully saturated rings. The molecule has 0 radical (unpaired) electrons. The Hall–Kier alpha value is -2.61. The topological polar surface area (TPSA) is 97.0 Å². The number of benzene rings is 1. The molecule has 2 amide bonds. The Labute approximate surface area is 178 Å². The van der Waals surface area contributed by atoms with E-state index in [0.29, 0.717) is 26.2 Å². The Balaban J connectivity index is 1.85. The lowest BCUT2D eigenvalue weighted by molar-refractivity contribution is -0.152. The summed E-state index contributed by atoms with van der Waals surface area (Å²) in [4.78, 5) is 38.4. The first-order valence-corrected chi connectivity index (χ1v) is 10.5. The molecule has 0 saturated carbocycles. The number of piperazine rings is 1. The minimum absolute atomic E-state index is 0.0784. The fourth-order valence-corrected chi connectivity index (χ4v) is 3.07. The second-order valence-electron chi connectivity index (χ2n) is 8.09. The molecule has 166 valence electrons. The van der Waals surface area contributed by atoms with Crippen LogP contribution in [0, 0.1) is 5.92 Å². The summed E-state index contributed by atoms with van der Waals surface area (Å²) in [6.07, 6.45) is -0.0225. The van der Waals surface area contributed by atoms with Crippen molar-refractivity contribution in [2.24, 2.45) is 5.92 Å². The number of hydrogen-bond donors (Lipinski definition) is 2. The largest absolute Gasteiger partial charge is 0.491 e. The van der Waals surface area contributed by atoms with Gasteiger partial charge in [-0.3, -0.25) is 14.4 Å². The van der Waals surface area contributed by atoms with Crippen molar-refractivity contribution in [3.8, 4) is 5.75 Å². The molecule has 0 aliphatic carbocycles. The summed E-state index contributed by atoms with van der Waals surface area (Å²) in [6.45, 7) is 9.45. The molecule has 8 nitrogen and oxygen atoms in total. The van der Waals surface area contributed by atoms with Gasteiger partial charge in [0.1, 0.15) is 11.8 Å². The molecular formula is C22H33N3O5. The lowest BCUT2D eigenvalue weighted by Gasteiger charge is -2.34. The Morgan fingerprint density at radius 3 is 2.53 bits per heavy atom. The van der Waals surface area contributed by atoms with Gasteiger partial charge in [0, 0.05) is 19.6 Å². The van der Waals surface area contributed by atoms with Crippen LogP contribution in [0.1, 0.15) is 39.7 Å². The molecule has 1 atom stereocenters. The average molecular weight is 420 g/mol. The highest BCUT2D eigenvalue weighted by Gasteiger charge is 2.34. The maximum absolute atomic E-state index is 12.7. The maximum Gasteiger partial charge on any atom is 0.308 e. The van der Waals surface area contributed by atoms with Gasteiger partial charge in [-0.05, 0) is 37.5 Å². The molecule has 1 aromatic rings. The van der Waals surface area contributed by atoms with Crippen LogP contribution in [0.15, 0.2) is 24.3 Å². The number of rotatable bonds is 10. The smallest absolute Gasteiger partial charge is 0.308 e. The van der Waals surface area contributed by atoms with Crippen molar-refractivity contribution < 1.29 is 23.9 Å². The van der Waals surface area contributed by atoms with Gasteiger partial charge < -0.3 is 25.0 Å². The highest BCUT2D eigenvalue weighted by Crippen LogP contribution is 2.14.